The zero-order valence-corrected chi connectivity index (χ0v) is 17.7. The molecule has 0 unspecified atom stereocenters. The van der Waals surface area contributed by atoms with Gasteiger partial charge in [0.2, 0.25) is 0 Å². The molecule has 0 amide bonds. The highest BCUT2D eigenvalue weighted by molar-refractivity contribution is 6.34. The van der Waals surface area contributed by atoms with E-state index in [1.165, 1.54) is 12.1 Å². The van der Waals surface area contributed by atoms with Crippen LogP contribution in [0.5, 0.6) is 5.75 Å². The quantitative estimate of drug-likeness (QED) is 0.446. The summed E-state index contributed by atoms with van der Waals surface area (Å²) in [4.78, 5) is 0. The number of aliphatic hydroxyl groups excluding tert-OH is 2. The molecule has 30 heavy (non-hydrogen) atoms. The van der Waals surface area contributed by atoms with Crippen molar-refractivity contribution in [2.75, 3.05) is 19.8 Å². The number of aryl methyl sites for hydroxylation is 2. The van der Waals surface area contributed by atoms with Gasteiger partial charge in [0.25, 0.3) is 0 Å². The van der Waals surface area contributed by atoms with E-state index in [2.05, 4.69) is 0 Å². The van der Waals surface area contributed by atoms with Gasteiger partial charge in [0.1, 0.15) is 5.75 Å². The summed E-state index contributed by atoms with van der Waals surface area (Å²) in [5, 5.41) is 19.4. The minimum atomic E-state index is -4.58. The van der Waals surface area contributed by atoms with E-state index < -0.39 is 30.5 Å². The van der Waals surface area contributed by atoms with Crippen molar-refractivity contribution in [1.29, 1.82) is 0 Å². The van der Waals surface area contributed by atoms with Gasteiger partial charge < -0.3 is 20.7 Å². The fraction of sp³-hybridized carbons (Fsp3) is 0.429. The molecule has 0 aliphatic rings. The molecule has 2 aromatic carbocycles. The number of nitrogens with two attached hydrogens (primary N) is 1. The third-order valence-electron chi connectivity index (χ3n) is 4.68. The number of hydrogen-bond acceptors (Lipinski definition) is 4. The summed E-state index contributed by atoms with van der Waals surface area (Å²) >= 11 is 11.9. The topological polar surface area (TPSA) is 75.7 Å². The second kappa shape index (κ2) is 10.7. The molecule has 2 aromatic rings. The first-order chi connectivity index (χ1) is 14.1. The Bertz CT molecular complexity index is 822. The third-order valence-corrected chi connectivity index (χ3v) is 5.12. The van der Waals surface area contributed by atoms with E-state index in [4.69, 9.17) is 33.7 Å². The average Bonchev–Trinajstić information content (AvgIpc) is 2.68. The summed E-state index contributed by atoms with van der Waals surface area (Å²) in [5.41, 5.74) is 4.93. The number of alkyl halides is 3. The maximum absolute atomic E-state index is 13.5. The molecule has 2 rings (SSSR count). The first-order valence-corrected chi connectivity index (χ1v) is 10.1. The van der Waals surface area contributed by atoms with Gasteiger partial charge in [0.05, 0.1) is 30.9 Å². The minimum absolute atomic E-state index is 0.0908. The Kier molecular flexibility index (Phi) is 8.82. The van der Waals surface area contributed by atoms with Gasteiger partial charge >= 0.3 is 6.18 Å². The molecule has 0 spiro atoms. The highest BCUT2D eigenvalue weighted by Gasteiger charge is 2.35. The van der Waals surface area contributed by atoms with Gasteiger partial charge in [-0.25, -0.2) is 0 Å². The Hall–Kier alpha value is -1.51. The first kappa shape index (κ1) is 24.8. The lowest BCUT2D eigenvalue weighted by molar-refractivity contribution is -0.139. The fourth-order valence-corrected chi connectivity index (χ4v) is 3.47. The molecular weight excluding hydrogens is 442 g/mol. The first-order valence-electron chi connectivity index (χ1n) is 9.35. The third kappa shape index (κ3) is 7.32. The molecule has 9 heteroatoms. The highest BCUT2D eigenvalue weighted by atomic mass is 35.5. The molecule has 0 radical (unpaired) electrons. The van der Waals surface area contributed by atoms with Crippen LogP contribution in [0.25, 0.3) is 0 Å². The summed E-state index contributed by atoms with van der Waals surface area (Å²) in [5.74, 6) is -0.251. The molecule has 0 bridgehead atoms. The number of ether oxygens (including phenoxy) is 1. The molecule has 4 N–H and O–H groups in total. The van der Waals surface area contributed by atoms with Crippen LogP contribution in [0.1, 0.15) is 29.5 Å². The predicted octanol–water partition coefficient (Wildman–Crippen LogP) is 4.64. The molecule has 4 nitrogen and oxygen atoms in total. The van der Waals surface area contributed by atoms with Gasteiger partial charge in [-0.1, -0.05) is 29.3 Å². The van der Waals surface area contributed by atoms with Crippen LogP contribution in [0.15, 0.2) is 36.4 Å². The van der Waals surface area contributed by atoms with Gasteiger partial charge in [-0.3, -0.25) is 0 Å². The van der Waals surface area contributed by atoms with Crippen molar-refractivity contribution in [2.45, 2.75) is 37.4 Å². The lowest BCUT2D eigenvalue weighted by atomic mass is 9.93. The minimum Gasteiger partial charge on any atom is -0.493 e. The normalized spacial score (nSPS) is 12.3. The fourth-order valence-electron chi connectivity index (χ4n) is 2.90. The highest BCUT2D eigenvalue weighted by Crippen LogP contribution is 2.37. The summed E-state index contributed by atoms with van der Waals surface area (Å²) in [6.07, 6.45) is -3.23. The Labute approximate surface area is 183 Å². The van der Waals surface area contributed by atoms with Crippen LogP contribution in [0.2, 0.25) is 10.0 Å². The second-order valence-electron chi connectivity index (χ2n) is 7.24. The zero-order chi connectivity index (χ0) is 22.4. The molecule has 0 heterocycles. The Morgan fingerprint density at radius 2 is 1.53 bits per heavy atom. The molecule has 0 saturated heterocycles. The van der Waals surface area contributed by atoms with E-state index in [1.807, 2.05) is 0 Å². The van der Waals surface area contributed by atoms with Crippen LogP contribution in [-0.2, 0) is 19.0 Å². The Morgan fingerprint density at radius 1 is 0.900 bits per heavy atom. The number of rotatable bonds is 10. The lowest BCUT2D eigenvalue weighted by Gasteiger charge is -2.24. The number of benzene rings is 2. The molecule has 0 fully saturated rings. The average molecular weight is 466 g/mol. The molecular formula is C21H24Cl2F3NO3. The Balaban J connectivity index is 2.02. The van der Waals surface area contributed by atoms with Crippen molar-refractivity contribution in [1.82, 2.24) is 0 Å². The summed E-state index contributed by atoms with van der Waals surface area (Å²) in [7, 11) is 0. The van der Waals surface area contributed by atoms with E-state index in [0.29, 0.717) is 28.5 Å². The van der Waals surface area contributed by atoms with Crippen LogP contribution in [-0.4, -0.2) is 35.6 Å². The molecule has 0 atom stereocenters. The maximum Gasteiger partial charge on any atom is 0.419 e. The maximum atomic E-state index is 13.5. The number of hydrogen-bond donors (Lipinski definition) is 3. The SMILES string of the molecule is NC(CO)(CO)CCc1ccc(OCCCc2cc(Cl)cc(Cl)c2)c(C(F)(F)F)c1. The van der Waals surface area contributed by atoms with Crippen molar-refractivity contribution < 1.29 is 28.1 Å². The smallest absolute Gasteiger partial charge is 0.419 e. The van der Waals surface area contributed by atoms with Gasteiger partial charge in [-0.05, 0) is 67.1 Å². The summed E-state index contributed by atoms with van der Waals surface area (Å²) in [6.45, 7) is -0.836. The van der Waals surface area contributed by atoms with Crippen LogP contribution in [0.4, 0.5) is 13.2 Å². The van der Waals surface area contributed by atoms with E-state index >= 15 is 0 Å². The number of halogens is 5. The number of aliphatic hydroxyl groups is 2. The zero-order valence-electron chi connectivity index (χ0n) is 16.2. The van der Waals surface area contributed by atoms with E-state index in [1.54, 1.807) is 18.2 Å². The van der Waals surface area contributed by atoms with Crippen LogP contribution < -0.4 is 10.5 Å². The molecule has 0 aliphatic carbocycles. The second-order valence-corrected chi connectivity index (χ2v) is 8.11. The lowest BCUT2D eigenvalue weighted by Crippen LogP contribution is -2.47. The van der Waals surface area contributed by atoms with Crippen LogP contribution in [0.3, 0.4) is 0 Å². The Morgan fingerprint density at radius 3 is 2.10 bits per heavy atom. The monoisotopic (exact) mass is 465 g/mol. The summed E-state index contributed by atoms with van der Waals surface area (Å²) < 4.78 is 45.8. The van der Waals surface area contributed by atoms with Crippen LogP contribution in [0, 0.1) is 0 Å². The van der Waals surface area contributed by atoms with Crippen molar-refractivity contribution in [3.63, 3.8) is 0 Å². The molecule has 0 aliphatic heterocycles. The largest absolute Gasteiger partial charge is 0.493 e. The van der Waals surface area contributed by atoms with Crippen molar-refractivity contribution in [2.24, 2.45) is 5.73 Å². The standard InChI is InChI=1S/C21H24Cl2F3NO3/c22-16-8-15(9-17(23)11-16)2-1-7-30-19-4-3-14(10-18(19)21(24,25)26)5-6-20(27,12-28)13-29/h3-4,8-11,28-29H,1-2,5-7,12-13,27H2. The summed E-state index contributed by atoms with van der Waals surface area (Å²) in [6, 6.07) is 8.93. The van der Waals surface area contributed by atoms with Gasteiger partial charge in [-0.15, -0.1) is 0 Å². The van der Waals surface area contributed by atoms with E-state index in [-0.39, 0.29) is 25.2 Å². The van der Waals surface area contributed by atoms with Gasteiger partial charge in [0.15, 0.2) is 0 Å². The van der Waals surface area contributed by atoms with Crippen molar-refractivity contribution in [3.8, 4) is 5.75 Å². The molecule has 0 aromatic heterocycles. The molecule has 166 valence electrons. The predicted molar refractivity (Wildman–Crippen MR) is 111 cm³/mol. The van der Waals surface area contributed by atoms with E-state index in [9.17, 15) is 23.4 Å². The van der Waals surface area contributed by atoms with Crippen molar-refractivity contribution >= 4 is 23.2 Å². The van der Waals surface area contributed by atoms with Crippen molar-refractivity contribution in [3.05, 3.63) is 63.1 Å². The van der Waals surface area contributed by atoms with Gasteiger partial charge in [0, 0.05) is 10.0 Å². The van der Waals surface area contributed by atoms with E-state index in [0.717, 1.165) is 11.6 Å². The molecule has 0 saturated carbocycles. The van der Waals surface area contributed by atoms with Gasteiger partial charge in [-0.2, -0.15) is 13.2 Å². The van der Waals surface area contributed by atoms with Crippen LogP contribution >= 0.6 is 23.2 Å².